The van der Waals surface area contributed by atoms with Crippen molar-refractivity contribution >= 4 is 91.9 Å². The molecular formula is C69H42N2S. The van der Waals surface area contributed by atoms with Gasteiger partial charge in [0.1, 0.15) is 0 Å². The molecule has 2 aromatic heterocycles. The molecule has 0 aliphatic heterocycles. The molecule has 0 unspecified atom stereocenters. The van der Waals surface area contributed by atoms with Crippen LogP contribution in [0.2, 0.25) is 0 Å². The standard InChI is InChI=1S/C69H42N2S/c1-3-18-45(19-4-1)70(63-33-17-32-61-67(63)55-28-13-16-31-60(55)69(61)58-29-14-11-24-50(58)51-25-12-15-30-59(51)69)47-36-37-52-56-40-43(34-38-62(56)71(64(52)42-47)46-20-5-2-6-21-46)44-35-39-65-57(41-44)66-53-26-9-7-22-48(53)49-23-8-10-27-54(49)68(66)72-65/h1-42H. The highest BCUT2D eigenvalue weighted by atomic mass is 32.1. The predicted molar refractivity (Wildman–Crippen MR) is 305 cm³/mol. The normalized spacial score (nSPS) is 13.1. The van der Waals surface area contributed by atoms with Gasteiger partial charge in [-0.05, 0) is 133 Å². The fraction of sp³-hybridized carbons (Fsp3) is 0.0145. The van der Waals surface area contributed by atoms with Crippen LogP contribution < -0.4 is 4.90 Å². The summed E-state index contributed by atoms with van der Waals surface area (Å²) in [5.41, 5.74) is 19.3. The number of para-hydroxylation sites is 2. The average Bonchev–Trinajstić information content (AvgIpc) is 4.18. The quantitative estimate of drug-likeness (QED) is 0.156. The maximum atomic E-state index is 2.49. The van der Waals surface area contributed by atoms with E-state index in [1.165, 1.54) is 114 Å². The summed E-state index contributed by atoms with van der Waals surface area (Å²) in [6.45, 7) is 0. The number of benzene rings is 12. The highest BCUT2D eigenvalue weighted by Crippen LogP contribution is 2.64. The number of aromatic nitrogens is 1. The lowest BCUT2D eigenvalue weighted by molar-refractivity contribution is 0.794. The van der Waals surface area contributed by atoms with E-state index in [1.54, 1.807) is 0 Å². The number of anilines is 3. The van der Waals surface area contributed by atoms with Crippen LogP contribution in [0.25, 0.3) is 103 Å². The van der Waals surface area contributed by atoms with E-state index < -0.39 is 5.41 Å². The van der Waals surface area contributed by atoms with E-state index in [9.17, 15) is 0 Å². The summed E-state index contributed by atoms with van der Waals surface area (Å²) >= 11 is 1.91. The third-order valence-corrected chi connectivity index (χ3v) is 17.2. The molecule has 2 aliphatic carbocycles. The lowest BCUT2D eigenvalue weighted by Crippen LogP contribution is -2.26. The third-order valence-electron chi connectivity index (χ3n) is 16.0. The average molecular weight is 931 g/mol. The van der Waals surface area contributed by atoms with Crippen LogP contribution in [0.3, 0.4) is 0 Å². The molecule has 2 aliphatic rings. The topological polar surface area (TPSA) is 8.17 Å². The van der Waals surface area contributed by atoms with Gasteiger partial charge in [0, 0.05) is 59.0 Å². The van der Waals surface area contributed by atoms with Crippen molar-refractivity contribution in [2.75, 3.05) is 4.90 Å². The predicted octanol–water partition coefficient (Wildman–Crippen LogP) is 18.9. The Hall–Kier alpha value is -9.02. The van der Waals surface area contributed by atoms with Crippen molar-refractivity contribution in [3.05, 3.63) is 277 Å². The van der Waals surface area contributed by atoms with Gasteiger partial charge < -0.3 is 9.47 Å². The Morgan fingerprint density at radius 1 is 0.347 bits per heavy atom. The van der Waals surface area contributed by atoms with Gasteiger partial charge in [-0.25, -0.2) is 0 Å². The highest BCUT2D eigenvalue weighted by molar-refractivity contribution is 7.27. The van der Waals surface area contributed by atoms with E-state index in [4.69, 9.17) is 0 Å². The maximum Gasteiger partial charge on any atom is 0.0726 e. The fourth-order valence-electron chi connectivity index (χ4n) is 13.1. The van der Waals surface area contributed by atoms with Crippen LogP contribution in [-0.4, -0.2) is 4.57 Å². The van der Waals surface area contributed by atoms with Gasteiger partial charge in [0.25, 0.3) is 0 Å². The summed E-state index contributed by atoms with van der Waals surface area (Å²) in [4.78, 5) is 2.49. The number of thiophene rings is 1. The van der Waals surface area contributed by atoms with Crippen molar-refractivity contribution in [3.63, 3.8) is 0 Å². The molecular weight excluding hydrogens is 889 g/mol. The van der Waals surface area contributed by atoms with Crippen molar-refractivity contribution in [1.29, 1.82) is 0 Å². The van der Waals surface area contributed by atoms with E-state index in [0.717, 1.165) is 28.3 Å². The number of hydrogen-bond acceptors (Lipinski definition) is 2. The molecule has 3 heteroatoms. The van der Waals surface area contributed by atoms with Gasteiger partial charge in [-0.15, -0.1) is 11.3 Å². The second-order valence-corrected chi connectivity index (χ2v) is 20.5. The Morgan fingerprint density at radius 3 is 1.65 bits per heavy atom. The zero-order valence-corrected chi connectivity index (χ0v) is 39.9. The summed E-state index contributed by atoms with van der Waals surface area (Å²) in [5.74, 6) is 0. The first-order valence-corrected chi connectivity index (χ1v) is 25.7. The second-order valence-electron chi connectivity index (χ2n) is 19.5. The van der Waals surface area contributed by atoms with Crippen LogP contribution in [-0.2, 0) is 5.41 Å². The molecule has 0 saturated carbocycles. The minimum atomic E-state index is -0.442. The summed E-state index contributed by atoms with van der Waals surface area (Å²) in [5, 5.41) is 10.4. The molecule has 0 amide bonds. The van der Waals surface area contributed by atoms with E-state index in [2.05, 4.69) is 264 Å². The van der Waals surface area contributed by atoms with E-state index >= 15 is 0 Å². The summed E-state index contributed by atoms with van der Waals surface area (Å²) < 4.78 is 5.13. The van der Waals surface area contributed by atoms with Crippen LogP contribution in [0.5, 0.6) is 0 Å². The summed E-state index contributed by atoms with van der Waals surface area (Å²) in [6.07, 6.45) is 0. The van der Waals surface area contributed by atoms with E-state index in [1.807, 2.05) is 11.3 Å². The van der Waals surface area contributed by atoms with Crippen LogP contribution in [0, 0.1) is 0 Å². The van der Waals surface area contributed by atoms with Crippen molar-refractivity contribution in [2.24, 2.45) is 0 Å². The number of rotatable bonds is 5. The number of fused-ring (bicyclic) bond motifs is 21. The van der Waals surface area contributed by atoms with E-state index in [0.29, 0.717) is 0 Å². The SMILES string of the molecule is c1ccc(N(c2ccc3c4cc(-c5ccc6sc7c8ccccc8c8ccccc8c7c6c5)ccc4n(-c4ccccc4)c3c2)c2cccc3c2-c2ccccc2C32c3ccccc3-c3ccccc32)cc1. The summed E-state index contributed by atoms with van der Waals surface area (Å²) in [6, 6.07) is 95.2. The number of hydrogen-bond donors (Lipinski definition) is 0. The Balaban J connectivity index is 0.913. The molecule has 72 heavy (non-hydrogen) atoms. The zero-order chi connectivity index (χ0) is 47.1. The van der Waals surface area contributed by atoms with Gasteiger partial charge in [-0.1, -0.05) is 188 Å². The van der Waals surface area contributed by atoms with Gasteiger partial charge in [0.05, 0.1) is 22.1 Å². The molecule has 1 spiro atoms. The molecule has 14 aromatic rings. The van der Waals surface area contributed by atoms with Crippen LogP contribution in [0.4, 0.5) is 17.1 Å². The smallest absolute Gasteiger partial charge is 0.0726 e. The monoisotopic (exact) mass is 930 g/mol. The molecule has 2 heterocycles. The van der Waals surface area contributed by atoms with Crippen LogP contribution in [0.15, 0.2) is 255 Å². The van der Waals surface area contributed by atoms with Crippen molar-refractivity contribution in [1.82, 2.24) is 4.57 Å². The molecule has 0 saturated heterocycles. The lowest BCUT2D eigenvalue weighted by atomic mass is 9.70. The van der Waals surface area contributed by atoms with Crippen molar-refractivity contribution in [3.8, 4) is 39.1 Å². The first-order valence-electron chi connectivity index (χ1n) is 24.9. The van der Waals surface area contributed by atoms with Gasteiger partial charge in [-0.3, -0.25) is 0 Å². The molecule has 2 nitrogen and oxygen atoms in total. The minimum absolute atomic E-state index is 0.442. The zero-order valence-electron chi connectivity index (χ0n) is 39.1. The Bertz CT molecular complexity index is 4530. The molecule has 12 aromatic carbocycles. The van der Waals surface area contributed by atoms with Gasteiger partial charge in [0.2, 0.25) is 0 Å². The first-order chi connectivity index (χ1) is 35.7. The maximum absolute atomic E-state index is 2.49. The van der Waals surface area contributed by atoms with Gasteiger partial charge in [-0.2, -0.15) is 0 Å². The Labute approximate surface area is 420 Å². The third kappa shape index (κ3) is 5.32. The molecule has 0 radical (unpaired) electrons. The molecule has 16 rings (SSSR count). The Kier molecular flexibility index (Phi) is 8.29. The van der Waals surface area contributed by atoms with Gasteiger partial charge in [0.15, 0.2) is 0 Å². The highest BCUT2D eigenvalue weighted by Gasteiger charge is 2.52. The number of nitrogens with zero attached hydrogens (tertiary/aromatic N) is 2. The minimum Gasteiger partial charge on any atom is -0.310 e. The lowest BCUT2D eigenvalue weighted by Gasteiger charge is -2.31. The van der Waals surface area contributed by atoms with E-state index in [-0.39, 0.29) is 0 Å². The molecule has 0 bridgehead atoms. The second kappa shape index (κ2) is 15.0. The summed E-state index contributed by atoms with van der Waals surface area (Å²) in [7, 11) is 0. The first kappa shape index (κ1) is 39.8. The van der Waals surface area contributed by atoms with Crippen LogP contribution in [0.1, 0.15) is 22.3 Å². The fourth-order valence-corrected chi connectivity index (χ4v) is 14.3. The molecule has 0 fully saturated rings. The molecule has 334 valence electrons. The molecule has 0 N–H and O–H groups in total. The van der Waals surface area contributed by atoms with Crippen molar-refractivity contribution < 1.29 is 0 Å². The van der Waals surface area contributed by atoms with Gasteiger partial charge >= 0.3 is 0 Å². The molecule has 0 atom stereocenters. The van der Waals surface area contributed by atoms with Crippen LogP contribution >= 0.6 is 11.3 Å². The Morgan fingerprint density at radius 2 is 0.917 bits per heavy atom. The van der Waals surface area contributed by atoms with Crippen molar-refractivity contribution in [2.45, 2.75) is 5.41 Å². The largest absolute Gasteiger partial charge is 0.310 e.